The predicted molar refractivity (Wildman–Crippen MR) is 118 cm³/mol. The van der Waals surface area contributed by atoms with E-state index in [1.54, 1.807) is 24.5 Å². The first kappa shape index (κ1) is 20.3. The van der Waals surface area contributed by atoms with Crippen LogP contribution in [0.1, 0.15) is 25.8 Å². The zero-order valence-corrected chi connectivity index (χ0v) is 18.0. The van der Waals surface area contributed by atoms with Crippen molar-refractivity contribution in [1.29, 1.82) is 0 Å². The lowest BCUT2D eigenvalue weighted by Gasteiger charge is -2.22. The van der Waals surface area contributed by atoms with E-state index in [4.69, 9.17) is 0 Å². The summed E-state index contributed by atoms with van der Waals surface area (Å²) in [4.78, 5) is 18.2. The highest BCUT2D eigenvalue weighted by Crippen LogP contribution is 2.39. The van der Waals surface area contributed by atoms with Crippen LogP contribution >= 0.6 is 0 Å². The molecule has 4 aromatic rings. The second kappa shape index (κ2) is 7.54. The van der Waals surface area contributed by atoms with Gasteiger partial charge in [0.05, 0.1) is 35.2 Å². The van der Waals surface area contributed by atoms with Crippen molar-refractivity contribution in [3.8, 4) is 11.3 Å². The Labute approximate surface area is 182 Å². The Balaban J connectivity index is 1.61. The van der Waals surface area contributed by atoms with Crippen LogP contribution in [0.15, 0.2) is 24.5 Å². The monoisotopic (exact) mass is 439 g/mol. The van der Waals surface area contributed by atoms with Crippen LogP contribution in [0, 0.1) is 11.7 Å². The molecule has 32 heavy (non-hydrogen) atoms. The molecule has 166 valence electrons. The summed E-state index contributed by atoms with van der Waals surface area (Å²) in [6.45, 7) is 4.51. The van der Waals surface area contributed by atoms with Crippen molar-refractivity contribution >= 4 is 34.0 Å². The Morgan fingerprint density at radius 1 is 1.38 bits per heavy atom. The number of aromatic amines is 1. The summed E-state index contributed by atoms with van der Waals surface area (Å²) in [5.74, 6) is -0.983. The standard InChI is InChI=1S/C22H23F2N7O/c1-4-11-18(13-9-25-28-20(13)21(19(11)24)30(3)5-2)15-6-7-17-26-16(10-31(17)29-15)27-22(32)12-8-14(12)23/h6-7,9-10,12,14H,4-5,8H2,1-3H3,(H,25,28)(H,27,32). The van der Waals surface area contributed by atoms with Gasteiger partial charge in [0.25, 0.3) is 0 Å². The Morgan fingerprint density at radius 2 is 2.16 bits per heavy atom. The number of H-pyrrole nitrogens is 1. The minimum absolute atomic E-state index is 0.247. The minimum atomic E-state index is -1.08. The normalized spacial score (nSPS) is 17.8. The van der Waals surface area contributed by atoms with Gasteiger partial charge in [-0.15, -0.1) is 0 Å². The van der Waals surface area contributed by atoms with Gasteiger partial charge in [-0.05, 0) is 37.5 Å². The van der Waals surface area contributed by atoms with Crippen LogP contribution in [0.25, 0.3) is 27.8 Å². The third-order valence-electron chi connectivity index (χ3n) is 6.01. The SMILES string of the molecule is CCc1c(F)c(N(C)CC)c2[nH]ncc2c1-c1ccc2nc(NC(=O)C3CC3F)cn2n1. The van der Waals surface area contributed by atoms with Gasteiger partial charge in [0, 0.05) is 24.5 Å². The molecule has 2 N–H and O–H groups in total. The van der Waals surface area contributed by atoms with E-state index in [-0.39, 0.29) is 18.1 Å². The summed E-state index contributed by atoms with van der Waals surface area (Å²) in [6.07, 6.45) is 2.90. The molecule has 0 bridgehead atoms. The van der Waals surface area contributed by atoms with Crippen LogP contribution in [0.5, 0.6) is 0 Å². The van der Waals surface area contributed by atoms with Crippen molar-refractivity contribution in [2.24, 2.45) is 5.92 Å². The molecule has 3 heterocycles. The minimum Gasteiger partial charge on any atom is -0.371 e. The van der Waals surface area contributed by atoms with Crippen molar-refractivity contribution < 1.29 is 13.6 Å². The molecule has 0 radical (unpaired) electrons. The predicted octanol–water partition coefficient (Wildman–Crippen LogP) is 3.73. The van der Waals surface area contributed by atoms with Crippen LogP contribution in [-0.4, -0.2) is 50.5 Å². The number of nitrogens with one attached hydrogen (secondary N) is 2. The second-order valence-corrected chi connectivity index (χ2v) is 8.04. The number of imidazole rings is 1. The lowest BCUT2D eigenvalue weighted by atomic mass is 9.96. The Kier molecular flexibility index (Phi) is 4.79. The maximum atomic E-state index is 15.6. The van der Waals surface area contributed by atoms with Gasteiger partial charge in [-0.2, -0.15) is 10.2 Å². The maximum absolute atomic E-state index is 15.6. The van der Waals surface area contributed by atoms with Crippen LogP contribution in [0.3, 0.4) is 0 Å². The molecule has 0 aliphatic heterocycles. The molecule has 8 nitrogen and oxygen atoms in total. The molecule has 1 amide bonds. The summed E-state index contributed by atoms with van der Waals surface area (Å²) in [5.41, 5.74) is 3.40. The summed E-state index contributed by atoms with van der Waals surface area (Å²) in [5, 5.41) is 15.1. The Morgan fingerprint density at radius 3 is 2.84 bits per heavy atom. The van der Waals surface area contributed by atoms with Crippen LogP contribution in [-0.2, 0) is 11.2 Å². The van der Waals surface area contributed by atoms with Crippen LogP contribution in [0.4, 0.5) is 20.3 Å². The third kappa shape index (κ3) is 3.17. The number of alkyl halides is 1. The number of carbonyl (C=O) groups excluding carboxylic acids is 1. The summed E-state index contributed by atoms with van der Waals surface area (Å²) in [6, 6.07) is 3.53. The van der Waals surface area contributed by atoms with Gasteiger partial charge >= 0.3 is 0 Å². The van der Waals surface area contributed by atoms with Gasteiger partial charge < -0.3 is 10.2 Å². The maximum Gasteiger partial charge on any atom is 0.231 e. The molecule has 2 unspecified atom stereocenters. The fraction of sp³-hybridized carbons (Fsp3) is 0.364. The molecule has 5 rings (SSSR count). The zero-order valence-electron chi connectivity index (χ0n) is 18.0. The van der Waals surface area contributed by atoms with Gasteiger partial charge in [0.15, 0.2) is 17.3 Å². The van der Waals surface area contributed by atoms with E-state index in [0.29, 0.717) is 52.5 Å². The number of fused-ring (bicyclic) bond motifs is 2. The van der Waals surface area contributed by atoms with Crippen LogP contribution < -0.4 is 10.2 Å². The van der Waals surface area contributed by atoms with Gasteiger partial charge in [-0.1, -0.05) is 6.92 Å². The molecule has 3 aromatic heterocycles. The zero-order chi connectivity index (χ0) is 22.6. The first-order valence-electron chi connectivity index (χ1n) is 10.6. The number of hydrogen-bond donors (Lipinski definition) is 2. The number of carbonyl (C=O) groups is 1. The van der Waals surface area contributed by atoms with E-state index in [1.165, 1.54) is 4.52 Å². The lowest BCUT2D eigenvalue weighted by Crippen LogP contribution is -2.19. The van der Waals surface area contributed by atoms with E-state index in [9.17, 15) is 9.18 Å². The number of rotatable bonds is 6. The molecule has 1 aromatic carbocycles. The van der Waals surface area contributed by atoms with Crippen molar-refractivity contribution in [2.45, 2.75) is 32.9 Å². The van der Waals surface area contributed by atoms with Crippen molar-refractivity contribution in [3.63, 3.8) is 0 Å². The second-order valence-electron chi connectivity index (χ2n) is 8.04. The molecule has 0 spiro atoms. The number of nitrogens with zero attached hydrogens (tertiary/aromatic N) is 5. The lowest BCUT2D eigenvalue weighted by molar-refractivity contribution is -0.117. The molecular formula is C22H23F2N7O. The van der Waals surface area contributed by atoms with Crippen molar-refractivity contribution in [2.75, 3.05) is 23.8 Å². The van der Waals surface area contributed by atoms with E-state index in [0.717, 1.165) is 5.39 Å². The molecule has 1 aliphatic carbocycles. The topological polar surface area (TPSA) is 91.2 Å². The highest BCUT2D eigenvalue weighted by Gasteiger charge is 2.43. The highest BCUT2D eigenvalue weighted by molar-refractivity contribution is 6.02. The largest absolute Gasteiger partial charge is 0.371 e. The first-order chi connectivity index (χ1) is 15.4. The number of anilines is 2. The van der Waals surface area contributed by atoms with Crippen molar-refractivity contribution in [1.82, 2.24) is 24.8 Å². The summed E-state index contributed by atoms with van der Waals surface area (Å²) >= 11 is 0. The smallest absolute Gasteiger partial charge is 0.231 e. The van der Waals surface area contributed by atoms with Gasteiger partial charge in [0.2, 0.25) is 5.91 Å². The molecule has 1 saturated carbocycles. The van der Waals surface area contributed by atoms with Crippen LogP contribution in [0.2, 0.25) is 0 Å². The quantitative estimate of drug-likeness (QED) is 0.478. The highest BCUT2D eigenvalue weighted by atomic mass is 19.1. The average Bonchev–Trinajstić information content (AvgIpc) is 3.15. The fourth-order valence-corrected chi connectivity index (χ4v) is 4.05. The number of aromatic nitrogens is 5. The Bertz CT molecular complexity index is 1350. The van der Waals surface area contributed by atoms with Crippen molar-refractivity contribution in [3.05, 3.63) is 35.9 Å². The fourth-order valence-electron chi connectivity index (χ4n) is 4.05. The van der Waals surface area contributed by atoms with Gasteiger partial charge in [-0.3, -0.25) is 9.89 Å². The number of halogens is 2. The van der Waals surface area contributed by atoms with E-state index >= 15 is 4.39 Å². The average molecular weight is 439 g/mol. The molecule has 2 atom stereocenters. The molecule has 10 heteroatoms. The molecular weight excluding hydrogens is 416 g/mol. The summed E-state index contributed by atoms with van der Waals surface area (Å²) in [7, 11) is 1.84. The van der Waals surface area contributed by atoms with E-state index in [2.05, 4.69) is 25.6 Å². The number of benzene rings is 1. The number of hydrogen-bond acceptors (Lipinski definition) is 5. The van der Waals surface area contributed by atoms with E-state index in [1.807, 2.05) is 25.8 Å². The molecule has 0 saturated heterocycles. The number of amides is 1. The molecule has 1 fully saturated rings. The Hall–Kier alpha value is -3.56. The van der Waals surface area contributed by atoms with Gasteiger partial charge in [0.1, 0.15) is 6.17 Å². The first-order valence-corrected chi connectivity index (χ1v) is 10.6. The van der Waals surface area contributed by atoms with Gasteiger partial charge in [-0.25, -0.2) is 18.3 Å². The third-order valence-corrected chi connectivity index (χ3v) is 6.01. The molecule has 1 aliphatic rings. The summed E-state index contributed by atoms with van der Waals surface area (Å²) < 4.78 is 30.3. The van der Waals surface area contributed by atoms with E-state index < -0.39 is 12.1 Å².